The molecule has 0 heterocycles. The molecule has 0 unspecified atom stereocenters. The zero-order chi connectivity index (χ0) is 17.5. The molecule has 0 saturated carbocycles. The Kier molecular flexibility index (Phi) is 5.58. The zero-order valence-electron chi connectivity index (χ0n) is 9.20. The first kappa shape index (κ1) is 20.6. The molecule has 13 heteroatoms. The standard InChI is InChI=1S/C8H3F12I/c9-3(10)1-4(11,12)2-5(13,14)6(15,16)7(17,18)8(19,20)21/h1H,2H2. The Morgan fingerprint density at radius 1 is 0.762 bits per heavy atom. The largest absolute Gasteiger partial charge is 0.387 e. The summed E-state index contributed by atoms with van der Waals surface area (Å²) in [6.07, 6.45) is -8.23. The minimum absolute atomic E-state index is 0.574. The van der Waals surface area contributed by atoms with Gasteiger partial charge in [0.1, 0.15) is 0 Å². The van der Waals surface area contributed by atoms with Crippen molar-refractivity contribution < 1.29 is 52.7 Å². The molecule has 0 aliphatic heterocycles. The highest BCUT2D eigenvalue weighted by Crippen LogP contribution is 2.56. The van der Waals surface area contributed by atoms with Crippen LogP contribution in [-0.2, 0) is 0 Å². The molecule has 0 aliphatic rings. The van der Waals surface area contributed by atoms with E-state index >= 15 is 0 Å². The average molecular weight is 454 g/mol. The zero-order valence-corrected chi connectivity index (χ0v) is 11.4. The van der Waals surface area contributed by atoms with Gasteiger partial charge >= 0.3 is 21.7 Å². The van der Waals surface area contributed by atoms with Crippen LogP contribution in [0.2, 0.25) is 0 Å². The van der Waals surface area contributed by atoms with Crippen molar-refractivity contribution in [1.82, 2.24) is 0 Å². The molecule has 0 fully saturated rings. The molecule has 0 saturated heterocycles. The van der Waals surface area contributed by atoms with E-state index in [4.69, 9.17) is 0 Å². The van der Waals surface area contributed by atoms with Crippen LogP contribution in [-0.4, -0.2) is 27.6 Å². The Balaban J connectivity index is 5.65. The molecule has 0 nitrogen and oxygen atoms in total. The van der Waals surface area contributed by atoms with Crippen LogP contribution in [0.5, 0.6) is 0 Å². The van der Waals surface area contributed by atoms with Crippen molar-refractivity contribution in [2.75, 3.05) is 0 Å². The summed E-state index contributed by atoms with van der Waals surface area (Å²) in [5, 5.41) is 0. The molecule has 0 rings (SSSR count). The summed E-state index contributed by atoms with van der Waals surface area (Å²) in [5.41, 5.74) is 0. The SMILES string of the molecule is FC(F)=CC(F)(F)CC(F)(F)C(F)(F)C(F)(F)C(F)(F)I. The fourth-order valence-electron chi connectivity index (χ4n) is 1.03. The molecule has 0 aromatic carbocycles. The number of hydrogen-bond acceptors (Lipinski definition) is 0. The van der Waals surface area contributed by atoms with Gasteiger partial charge in [-0.15, -0.1) is 0 Å². The van der Waals surface area contributed by atoms with E-state index in [0.717, 1.165) is 0 Å². The summed E-state index contributed by atoms with van der Waals surface area (Å²) in [6.45, 7) is 0. The van der Waals surface area contributed by atoms with E-state index in [1.54, 1.807) is 0 Å². The molecule has 0 aromatic rings. The third-order valence-electron chi connectivity index (χ3n) is 1.99. The maximum Gasteiger partial charge on any atom is 0.387 e. The van der Waals surface area contributed by atoms with E-state index in [1.807, 2.05) is 0 Å². The second-order valence-corrected chi connectivity index (χ2v) is 5.08. The molecule has 0 atom stereocenters. The first-order chi connectivity index (χ1) is 8.87. The number of rotatable bonds is 6. The van der Waals surface area contributed by atoms with E-state index in [9.17, 15) is 52.7 Å². The van der Waals surface area contributed by atoms with Crippen LogP contribution >= 0.6 is 22.6 Å². The molecular formula is C8H3F12I. The second-order valence-electron chi connectivity index (χ2n) is 3.72. The highest BCUT2D eigenvalue weighted by atomic mass is 127. The Hall–Kier alpha value is -0.370. The van der Waals surface area contributed by atoms with Crippen LogP contribution in [0.25, 0.3) is 0 Å². The van der Waals surface area contributed by atoms with Gasteiger partial charge in [-0.2, -0.15) is 43.9 Å². The molecule has 0 N–H and O–H groups in total. The van der Waals surface area contributed by atoms with Crippen molar-refractivity contribution in [3.05, 3.63) is 12.2 Å². The third kappa shape index (κ3) is 4.31. The van der Waals surface area contributed by atoms with E-state index in [-0.39, 0.29) is 0 Å². The van der Waals surface area contributed by atoms with Gasteiger partial charge < -0.3 is 0 Å². The summed E-state index contributed by atoms with van der Waals surface area (Å²) in [6, 6.07) is 0. The minimum Gasteiger partial charge on any atom is -0.202 e. The molecule has 126 valence electrons. The summed E-state index contributed by atoms with van der Waals surface area (Å²) in [7, 11) is 0. The van der Waals surface area contributed by atoms with Crippen LogP contribution in [0.3, 0.4) is 0 Å². The number of alkyl halides is 11. The van der Waals surface area contributed by atoms with Gasteiger partial charge in [0, 0.05) is 28.7 Å². The van der Waals surface area contributed by atoms with Crippen LogP contribution in [0.4, 0.5) is 52.7 Å². The summed E-state index contributed by atoms with van der Waals surface area (Å²) in [4.78, 5) is 0. The van der Waals surface area contributed by atoms with Crippen molar-refractivity contribution in [3.63, 3.8) is 0 Å². The Labute approximate surface area is 122 Å². The van der Waals surface area contributed by atoms with Crippen LogP contribution in [0, 0.1) is 0 Å². The molecular weight excluding hydrogens is 451 g/mol. The Bertz CT molecular complexity index is 402. The molecule has 0 bridgehead atoms. The molecule has 0 radical (unpaired) electrons. The fraction of sp³-hybridized carbons (Fsp3) is 0.750. The molecule has 0 spiro atoms. The number of allylic oxidation sites excluding steroid dienone is 1. The number of halogens is 13. The number of hydrogen-bond donors (Lipinski definition) is 0. The van der Waals surface area contributed by atoms with Crippen LogP contribution < -0.4 is 0 Å². The van der Waals surface area contributed by atoms with E-state index in [1.165, 1.54) is 0 Å². The lowest BCUT2D eigenvalue weighted by Gasteiger charge is -2.35. The quantitative estimate of drug-likeness (QED) is 0.274. The van der Waals surface area contributed by atoms with Crippen LogP contribution in [0.15, 0.2) is 12.2 Å². The van der Waals surface area contributed by atoms with Gasteiger partial charge in [0.05, 0.1) is 6.42 Å². The lowest BCUT2D eigenvalue weighted by molar-refractivity contribution is -0.349. The highest BCUT2D eigenvalue weighted by Gasteiger charge is 2.80. The van der Waals surface area contributed by atoms with Gasteiger partial charge in [0.2, 0.25) is 0 Å². The third-order valence-corrected chi connectivity index (χ3v) is 2.67. The topological polar surface area (TPSA) is 0 Å². The average Bonchev–Trinajstić information content (AvgIpc) is 2.10. The molecule has 21 heavy (non-hydrogen) atoms. The predicted octanol–water partition coefficient (Wildman–Crippen LogP) is 5.73. The predicted molar refractivity (Wildman–Crippen MR) is 53.7 cm³/mol. The van der Waals surface area contributed by atoms with Gasteiger partial charge in [0.25, 0.3) is 12.0 Å². The Morgan fingerprint density at radius 3 is 1.43 bits per heavy atom. The van der Waals surface area contributed by atoms with E-state index < -0.39 is 68.8 Å². The molecule has 0 aliphatic carbocycles. The lowest BCUT2D eigenvalue weighted by atomic mass is 9.98. The minimum atomic E-state index is -6.91. The fourth-order valence-corrected chi connectivity index (χ4v) is 1.36. The van der Waals surface area contributed by atoms with Crippen molar-refractivity contribution in [2.24, 2.45) is 0 Å². The second kappa shape index (κ2) is 5.68. The van der Waals surface area contributed by atoms with E-state index in [2.05, 4.69) is 0 Å². The summed E-state index contributed by atoms with van der Waals surface area (Å²) < 4.78 is 144. The van der Waals surface area contributed by atoms with Crippen molar-refractivity contribution >= 4 is 22.6 Å². The molecule has 0 amide bonds. The van der Waals surface area contributed by atoms with Gasteiger partial charge in [-0.25, -0.2) is 8.78 Å². The van der Waals surface area contributed by atoms with Crippen LogP contribution in [0.1, 0.15) is 6.42 Å². The highest BCUT2D eigenvalue weighted by molar-refractivity contribution is 14.1. The lowest BCUT2D eigenvalue weighted by Crippen LogP contribution is -2.61. The van der Waals surface area contributed by atoms with Gasteiger partial charge in [-0.3, -0.25) is 0 Å². The van der Waals surface area contributed by atoms with Gasteiger partial charge in [0.15, 0.2) is 0 Å². The normalized spacial score (nSPS) is 15.1. The smallest absolute Gasteiger partial charge is 0.202 e. The maximum atomic E-state index is 12.9. The monoisotopic (exact) mass is 454 g/mol. The first-order valence-corrected chi connectivity index (χ1v) is 5.57. The molecule has 0 aromatic heterocycles. The maximum absolute atomic E-state index is 12.9. The first-order valence-electron chi connectivity index (χ1n) is 4.49. The Morgan fingerprint density at radius 2 is 1.14 bits per heavy atom. The van der Waals surface area contributed by atoms with Gasteiger partial charge in [-0.1, -0.05) is 0 Å². The summed E-state index contributed by atoms with van der Waals surface area (Å²) in [5.74, 6) is -25.3. The van der Waals surface area contributed by atoms with Gasteiger partial charge in [-0.05, 0) is 0 Å². The van der Waals surface area contributed by atoms with Crippen molar-refractivity contribution in [2.45, 2.75) is 34.0 Å². The summed E-state index contributed by atoms with van der Waals surface area (Å²) >= 11 is -0.574. The van der Waals surface area contributed by atoms with Crippen molar-refractivity contribution in [3.8, 4) is 0 Å². The van der Waals surface area contributed by atoms with Crippen molar-refractivity contribution in [1.29, 1.82) is 0 Å². The van der Waals surface area contributed by atoms with E-state index in [0.29, 0.717) is 0 Å².